The van der Waals surface area contributed by atoms with E-state index in [1.165, 1.54) is 11.6 Å². The molecule has 2 aromatic heterocycles. The van der Waals surface area contributed by atoms with Crippen LogP contribution < -0.4 is 16.6 Å². The highest BCUT2D eigenvalue weighted by Crippen LogP contribution is 2.24. The first-order valence-corrected chi connectivity index (χ1v) is 9.96. The monoisotopic (exact) mass is 414 g/mol. The van der Waals surface area contributed by atoms with E-state index in [2.05, 4.69) is 10.3 Å². The van der Waals surface area contributed by atoms with Gasteiger partial charge in [0, 0.05) is 25.9 Å². The second-order valence-corrected chi connectivity index (χ2v) is 7.31. The number of aryl methyl sites for hydroxylation is 2. The van der Waals surface area contributed by atoms with Crippen molar-refractivity contribution in [2.45, 2.75) is 13.3 Å². The van der Waals surface area contributed by atoms with Crippen LogP contribution in [0.2, 0.25) is 0 Å². The number of nitrogens with zero attached hydrogens (tertiary/aromatic N) is 3. The molecule has 0 atom stereocenters. The molecule has 0 unspecified atom stereocenters. The number of fused-ring (bicyclic) bond motifs is 1. The lowest BCUT2D eigenvalue weighted by Gasteiger charge is -2.15. The predicted molar refractivity (Wildman–Crippen MR) is 121 cm³/mol. The van der Waals surface area contributed by atoms with Gasteiger partial charge in [-0.2, -0.15) is 0 Å². The van der Waals surface area contributed by atoms with Crippen molar-refractivity contribution >= 4 is 22.6 Å². The largest absolute Gasteiger partial charge is 0.332 e. The quantitative estimate of drug-likeness (QED) is 0.556. The minimum atomic E-state index is -0.490. The predicted octanol–water partition coefficient (Wildman–Crippen LogP) is 3.11. The van der Waals surface area contributed by atoms with Gasteiger partial charge < -0.3 is 5.32 Å². The third kappa shape index (κ3) is 3.54. The summed E-state index contributed by atoms with van der Waals surface area (Å²) in [6, 6.07) is 17.2. The number of rotatable bonds is 4. The molecule has 2 aromatic carbocycles. The maximum atomic E-state index is 13.0. The van der Waals surface area contributed by atoms with Crippen LogP contribution in [0.5, 0.6) is 0 Å². The minimum Gasteiger partial charge on any atom is -0.321 e. The molecule has 0 aliphatic carbocycles. The first-order chi connectivity index (χ1) is 14.9. The first kappa shape index (κ1) is 20.3. The Kier molecular flexibility index (Phi) is 5.25. The SMILES string of the molecule is CCc1cnc2c(c1NC(=O)c1ccc(-c3ccccc3)cc1)c(=O)n(C)c(=O)n2C. The van der Waals surface area contributed by atoms with E-state index in [9.17, 15) is 14.4 Å². The van der Waals surface area contributed by atoms with Crippen LogP contribution in [-0.4, -0.2) is 20.0 Å². The zero-order chi connectivity index (χ0) is 22.1. The first-order valence-electron chi connectivity index (χ1n) is 9.96. The summed E-state index contributed by atoms with van der Waals surface area (Å²) < 4.78 is 2.33. The van der Waals surface area contributed by atoms with Crippen molar-refractivity contribution in [3.8, 4) is 11.1 Å². The van der Waals surface area contributed by atoms with E-state index in [-0.39, 0.29) is 16.9 Å². The number of benzene rings is 2. The lowest BCUT2D eigenvalue weighted by atomic mass is 10.0. The topological polar surface area (TPSA) is 86.0 Å². The summed E-state index contributed by atoms with van der Waals surface area (Å²) in [5.41, 5.74) is 2.92. The van der Waals surface area contributed by atoms with Crippen molar-refractivity contribution in [1.29, 1.82) is 0 Å². The highest BCUT2D eigenvalue weighted by molar-refractivity contribution is 6.09. The molecule has 4 aromatic rings. The maximum Gasteiger partial charge on any atom is 0.332 e. The number of carbonyl (C=O) groups is 1. The molecule has 0 spiro atoms. The van der Waals surface area contributed by atoms with Crippen LogP contribution in [0.3, 0.4) is 0 Å². The summed E-state index contributed by atoms with van der Waals surface area (Å²) in [4.78, 5) is 42.4. The number of pyridine rings is 1. The third-order valence-electron chi connectivity index (χ3n) is 5.42. The van der Waals surface area contributed by atoms with Crippen molar-refractivity contribution in [2.24, 2.45) is 14.1 Å². The van der Waals surface area contributed by atoms with Crippen LogP contribution in [0.1, 0.15) is 22.8 Å². The molecule has 0 radical (unpaired) electrons. The van der Waals surface area contributed by atoms with Gasteiger partial charge in [-0.05, 0) is 35.2 Å². The molecule has 1 amide bonds. The lowest BCUT2D eigenvalue weighted by molar-refractivity contribution is 0.102. The van der Waals surface area contributed by atoms with Gasteiger partial charge in [-0.15, -0.1) is 0 Å². The number of nitrogens with one attached hydrogen (secondary N) is 1. The summed E-state index contributed by atoms with van der Waals surface area (Å²) in [7, 11) is 2.97. The molecule has 0 aliphatic rings. The van der Waals surface area contributed by atoms with Crippen LogP contribution in [0, 0.1) is 0 Å². The second-order valence-electron chi connectivity index (χ2n) is 7.31. The minimum absolute atomic E-state index is 0.221. The van der Waals surface area contributed by atoms with E-state index >= 15 is 0 Å². The zero-order valence-electron chi connectivity index (χ0n) is 17.5. The fourth-order valence-electron chi connectivity index (χ4n) is 3.61. The van der Waals surface area contributed by atoms with E-state index in [0.29, 0.717) is 17.7 Å². The van der Waals surface area contributed by atoms with Gasteiger partial charge in [0.15, 0.2) is 5.65 Å². The molecule has 156 valence electrons. The van der Waals surface area contributed by atoms with Crippen molar-refractivity contribution in [2.75, 3.05) is 5.32 Å². The molecule has 2 heterocycles. The fourth-order valence-corrected chi connectivity index (χ4v) is 3.61. The molecular formula is C24H22N4O3. The Morgan fingerprint density at radius 3 is 2.23 bits per heavy atom. The Balaban J connectivity index is 1.77. The summed E-state index contributed by atoms with van der Waals surface area (Å²) in [5, 5.41) is 3.11. The molecular weight excluding hydrogens is 392 g/mol. The van der Waals surface area contributed by atoms with Gasteiger partial charge in [-0.3, -0.25) is 18.7 Å². The lowest BCUT2D eigenvalue weighted by Crippen LogP contribution is -2.38. The van der Waals surface area contributed by atoms with Gasteiger partial charge in [0.05, 0.1) is 5.69 Å². The van der Waals surface area contributed by atoms with Crippen molar-refractivity contribution in [3.63, 3.8) is 0 Å². The molecule has 0 saturated carbocycles. The van der Waals surface area contributed by atoms with Gasteiger partial charge in [0.1, 0.15) is 5.39 Å². The molecule has 7 nitrogen and oxygen atoms in total. The third-order valence-corrected chi connectivity index (χ3v) is 5.42. The molecule has 0 fully saturated rings. The molecule has 4 rings (SSSR count). The standard InChI is InChI=1S/C24H22N4O3/c1-4-15-14-25-21-19(23(30)28(3)24(31)27(21)2)20(15)26-22(29)18-12-10-17(11-13-18)16-8-6-5-7-9-16/h5-14H,4H2,1-3H3,(H,25,26,29). The van der Waals surface area contributed by atoms with E-state index in [4.69, 9.17) is 0 Å². The Bertz CT molecular complexity index is 1400. The van der Waals surface area contributed by atoms with E-state index in [1.807, 2.05) is 49.4 Å². The van der Waals surface area contributed by atoms with E-state index in [0.717, 1.165) is 21.3 Å². The van der Waals surface area contributed by atoms with E-state index in [1.54, 1.807) is 25.4 Å². The average molecular weight is 414 g/mol. The normalized spacial score (nSPS) is 10.9. The number of hydrogen-bond donors (Lipinski definition) is 1. The fraction of sp³-hybridized carbons (Fsp3) is 0.167. The van der Waals surface area contributed by atoms with Crippen LogP contribution in [-0.2, 0) is 20.5 Å². The van der Waals surface area contributed by atoms with Crippen LogP contribution in [0.15, 0.2) is 70.4 Å². The Morgan fingerprint density at radius 1 is 0.935 bits per heavy atom. The molecule has 0 bridgehead atoms. The van der Waals surface area contributed by atoms with Gasteiger partial charge >= 0.3 is 5.69 Å². The number of aromatic nitrogens is 3. The smallest absolute Gasteiger partial charge is 0.321 e. The summed E-state index contributed by atoms with van der Waals surface area (Å²) >= 11 is 0. The average Bonchev–Trinajstić information content (AvgIpc) is 2.81. The number of hydrogen-bond acceptors (Lipinski definition) is 4. The summed E-state index contributed by atoms with van der Waals surface area (Å²) in [6.45, 7) is 1.92. The van der Waals surface area contributed by atoms with Crippen molar-refractivity contribution < 1.29 is 4.79 Å². The number of amides is 1. The summed E-state index contributed by atoms with van der Waals surface area (Å²) in [6.07, 6.45) is 2.16. The Labute approximate surface area is 178 Å². The zero-order valence-corrected chi connectivity index (χ0v) is 17.5. The van der Waals surface area contributed by atoms with Crippen LogP contribution in [0.4, 0.5) is 5.69 Å². The van der Waals surface area contributed by atoms with Gasteiger partial charge in [0.25, 0.3) is 11.5 Å². The highest BCUT2D eigenvalue weighted by Gasteiger charge is 2.19. The highest BCUT2D eigenvalue weighted by atomic mass is 16.2. The van der Waals surface area contributed by atoms with Gasteiger partial charge in [-0.1, -0.05) is 49.4 Å². The molecule has 0 aliphatic heterocycles. The van der Waals surface area contributed by atoms with E-state index < -0.39 is 11.2 Å². The van der Waals surface area contributed by atoms with Crippen LogP contribution >= 0.6 is 0 Å². The molecule has 1 N–H and O–H groups in total. The van der Waals surface area contributed by atoms with Gasteiger partial charge in [-0.25, -0.2) is 9.78 Å². The molecule has 7 heteroatoms. The van der Waals surface area contributed by atoms with Crippen molar-refractivity contribution in [3.05, 3.63) is 92.8 Å². The Hall–Kier alpha value is -4.00. The Morgan fingerprint density at radius 2 is 1.58 bits per heavy atom. The number of anilines is 1. The molecule has 31 heavy (non-hydrogen) atoms. The van der Waals surface area contributed by atoms with Crippen LogP contribution in [0.25, 0.3) is 22.2 Å². The molecule has 0 saturated heterocycles. The second kappa shape index (κ2) is 8.02. The maximum absolute atomic E-state index is 13.0. The van der Waals surface area contributed by atoms with Crippen molar-refractivity contribution in [1.82, 2.24) is 14.1 Å². The summed E-state index contributed by atoms with van der Waals surface area (Å²) in [5.74, 6) is -0.335. The van der Waals surface area contributed by atoms with Gasteiger partial charge in [0.2, 0.25) is 0 Å². The number of carbonyl (C=O) groups excluding carboxylic acids is 1.